The molecule has 0 aliphatic heterocycles. The lowest BCUT2D eigenvalue weighted by molar-refractivity contribution is -0.146. The topological polar surface area (TPSA) is 46.6 Å². The van der Waals surface area contributed by atoms with Crippen LogP contribution in [0.2, 0.25) is 0 Å². The Morgan fingerprint density at radius 3 is 1.88 bits per heavy atom. The number of carbonyl (C=O) groups excluding carboxylic acids is 2. The summed E-state index contributed by atoms with van der Waals surface area (Å²) in [5, 5.41) is 0. The van der Waals surface area contributed by atoms with E-state index in [0.717, 1.165) is 11.1 Å². The maximum absolute atomic E-state index is 12.7. The maximum Gasteiger partial charge on any atom is 0.310 e. The van der Waals surface area contributed by atoms with Crippen molar-refractivity contribution in [1.29, 1.82) is 0 Å². The van der Waals surface area contributed by atoms with E-state index in [9.17, 15) is 9.59 Å². The van der Waals surface area contributed by atoms with Crippen LogP contribution < -0.4 is 0 Å². The van der Waals surface area contributed by atoms with Crippen LogP contribution >= 0.6 is 0 Å². The number of amides is 1. The molecule has 0 fully saturated rings. The van der Waals surface area contributed by atoms with Crippen molar-refractivity contribution in [1.82, 2.24) is 4.90 Å². The minimum absolute atomic E-state index is 0.00783. The molecule has 0 spiro atoms. The molecule has 0 heterocycles. The molecule has 0 saturated heterocycles. The highest BCUT2D eigenvalue weighted by atomic mass is 16.5. The van der Waals surface area contributed by atoms with Gasteiger partial charge in [0.25, 0.3) is 0 Å². The lowest BCUT2D eigenvalue weighted by atomic mass is 9.88. The summed E-state index contributed by atoms with van der Waals surface area (Å²) >= 11 is 0. The van der Waals surface area contributed by atoms with Crippen LogP contribution in [-0.2, 0) is 14.3 Å². The second kappa shape index (κ2) is 9.02. The number of rotatable bonds is 7. The fourth-order valence-electron chi connectivity index (χ4n) is 2.92. The van der Waals surface area contributed by atoms with Gasteiger partial charge in [-0.25, -0.2) is 0 Å². The van der Waals surface area contributed by atoms with Gasteiger partial charge in [-0.2, -0.15) is 0 Å². The van der Waals surface area contributed by atoms with Crippen molar-refractivity contribution in [2.24, 2.45) is 5.92 Å². The van der Waals surface area contributed by atoms with E-state index < -0.39 is 0 Å². The molecule has 0 aromatic heterocycles. The molecule has 0 bridgehead atoms. The molecule has 4 heteroatoms. The smallest absolute Gasteiger partial charge is 0.310 e. The molecule has 2 aromatic carbocycles. The summed E-state index contributed by atoms with van der Waals surface area (Å²) in [5.74, 6) is -0.646. The van der Waals surface area contributed by atoms with Gasteiger partial charge in [-0.3, -0.25) is 9.59 Å². The summed E-state index contributed by atoms with van der Waals surface area (Å²) in [5.41, 5.74) is 2.22. The highest BCUT2D eigenvalue weighted by molar-refractivity contribution is 5.79. The Morgan fingerprint density at radius 1 is 0.960 bits per heavy atom. The molecule has 1 unspecified atom stereocenters. The summed E-state index contributed by atoms with van der Waals surface area (Å²) in [6.07, 6.45) is 0.360. The van der Waals surface area contributed by atoms with Crippen LogP contribution in [0.25, 0.3) is 0 Å². The van der Waals surface area contributed by atoms with Crippen LogP contribution in [0.3, 0.4) is 0 Å². The molecule has 2 aromatic rings. The third kappa shape index (κ3) is 5.18. The first-order valence-electron chi connectivity index (χ1n) is 8.44. The van der Waals surface area contributed by atoms with Gasteiger partial charge in [0.15, 0.2) is 0 Å². The molecule has 0 radical (unpaired) electrons. The zero-order valence-electron chi connectivity index (χ0n) is 15.0. The minimum Gasteiger partial charge on any atom is -0.469 e. The molecule has 1 atom stereocenters. The van der Waals surface area contributed by atoms with Gasteiger partial charge in [-0.1, -0.05) is 67.6 Å². The normalized spacial score (nSPS) is 11.8. The Kier molecular flexibility index (Phi) is 6.75. The number of hydrogen-bond acceptors (Lipinski definition) is 3. The van der Waals surface area contributed by atoms with E-state index in [1.807, 2.05) is 60.7 Å². The first-order chi connectivity index (χ1) is 12.0. The summed E-state index contributed by atoms with van der Waals surface area (Å²) in [6, 6.07) is 20.1. The summed E-state index contributed by atoms with van der Waals surface area (Å²) in [4.78, 5) is 25.9. The molecule has 132 valence electrons. The van der Waals surface area contributed by atoms with Crippen LogP contribution in [0, 0.1) is 5.92 Å². The van der Waals surface area contributed by atoms with Crippen LogP contribution in [0.4, 0.5) is 0 Å². The first kappa shape index (κ1) is 18.7. The van der Waals surface area contributed by atoms with E-state index in [1.54, 1.807) is 18.9 Å². The third-order valence-corrected chi connectivity index (χ3v) is 4.36. The van der Waals surface area contributed by atoms with Crippen molar-refractivity contribution < 1.29 is 14.3 Å². The van der Waals surface area contributed by atoms with E-state index >= 15 is 0 Å². The van der Waals surface area contributed by atoms with Crippen molar-refractivity contribution in [2.75, 3.05) is 20.7 Å². The zero-order chi connectivity index (χ0) is 18.2. The van der Waals surface area contributed by atoms with Crippen molar-refractivity contribution >= 4 is 11.9 Å². The van der Waals surface area contributed by atoms with Gasteiger partial charge in [-0.15, -0.1) is 0 Å². The minimum atomic E-state index is -0.342. The number of carbonyl (C=O) groups is 2. The molecule has 0 aliphatic rings. The largest absolute Gasteiger partial charge is 0.469 e. The second-order valence-corrected chi connectivity index (χ2v) is 6.28. The highest BCUT2D eigenvalue weighted by Gasteiger charge is 2.23. The second-order valence-electron chi connectivity index (χ2n) is 6.28. The van der Waals surface area contributed by atoms with E-state index in [0.29, 0.717) is 13.0 Å². The third-order valence-electron chi connectivity index (χ3n) is 4.36. The fourth-order valence-corrected chi connectivity index (χ4v) is 2.92. The Labute approximate surface area is 149 Å². The number of ether oxygens (including phenoxy) is 1. The molecule has 1 amide bonds. The maximum atomic E-state index is 12.7. The SMILES string of the molecule is COC(=O)C(C)CN(C)C(=O)CC(c1ccccc1)c1ccccc1. The standard InChI is InChI=1S/C21H25NO3/c1-16(21(24)25-3)15-22(2)20(23)14-19(17-10-6-4-7-11-17)18-12-8-5-9-13-18/h4-13,16,19H,14-15H2,1-3H3. The number of esters is 1. The quantitative estimate of drug-likeness (QED) is 0.726. The predicted octanol–water partition coefficient (Wildman–Crippen LogP) is 3.48. The lowest BCUT2D eigenvalue weighted by Gasteiger charge is -2.24. The van der Waals surface area contributed by atoms with E-state index in [2.05, 4.69) is 0 Å². The van der Waals surface area contributed by atoms with Crippen LogP contribution in [0.1, 0.15) is 30.4 Å². The van der Waals surface area contributed by atoms with Crippen LogP contribution in [0.15, 0.2) is 60.7 Å². The van der Waals surface area contributed by atoms with E-state index in [-0.39, 0.29) is 23.7 Å². The van der Waals surface area contributed by atoms with Gasteiger partial charge in [0.05, 0.1) is 13.0 Å². The van der Waals surface area contributed by atoms with E-state index in [1.165, 1.54) is 7.11 Å². The van der Waals surface area contributed by atoms with Gasteiger partial charge >= 0.3 is 5.97 Å². The van der Waals surface area contributed by atoms with Gasteiger partial charge in [0, 0.05) is 25.9 Å². The number of benzene rings is 2. The van der Waals surface area contributed by atoms with Gasteiger partial charge in [0.2, 0.25) is 5.91 Å². The lowest BCUT2D eigenvalue weighted by Crippen LogP contribution is -2.35. The summed E-state index contributed by atoms with van der Waals surface area (Å²) < 4.78 is 4.74. The van der Waals surface area contributed by atoms with Crippen molar-refractivity contribution in [3.05, 3.63) is 71.8 Å². The van der Waals surface area contributed by atoms with Gasteiger partial charge < -0.3 is 9.64 Å². The fraction of sp³-hybridized carbons (Fsp3) is 0.333. The average Bonchev–Trinajstić information content (AvgIpc) is 2.66. The Morgan fingerprint density at radius 2 is 1.44 bits per heavy atom. The Bertz CT molecular complexity index is 645. The molecule has 0 aliphatic carbocycles. The first-order valence-corrected chi connectivity index (χ1v) is 8.44. The van der Waals surface area contributed by atoms with Crippen LogP contribution in [0.5, 0.6) is 0 Å². The average molecular weight is 339 g/mol. The predicted molar refractivity (Wildman–Crippen MR) is 98.2 cm³/mol. The summed E-state index contributed by atoms with van der Waals surface area (Å²) in [6.45, 7) is 2.11. The number of nitrogens with zero attached hydrogens (tertiary/aromatic N) is 1. The number of methoxy groups -OCH3 is 1. The monoisotopic (exact) mass is 339 g/mol. The molecule has 0 saturated carbocycles. The zero-order valence-corrected chi connectivity index (χ0v) is 15.0. The van der Waals surface area contributed by atoms with Crippen molar-refractivity contribution in [3.63, 3.8) is 0 Å². The van der Waals surface area contributed by atoms with Crippen molar-refractivity contribution in [3.8, 4) is 0 Å². The summed E-state index contributed by atoms with van der Waals surface area (Å²) in [7, 11) is 3.09. The Balaban J connectivity index is 2.14. The molecule has 25 heavy (non-hydrogen) atoms. The van der Waals surface area contributed by atoms with Crippen LogP contribution in [-0.4, -0.2) is 37.5 Å². The highest BCUT2D eigenvalue weighted by Crippen LogP contribution is 2.28. The van der Waals surface area contributed by atoms with Crippen molar-refractivity contribution in [2.45, 2.75) is 19.3 Å². The molecule has 4 nitrogen and oxygen atoms in total. The molecular weight excluding hydrogens is 314 g/mol. The molecular formula is C21H25NO3. The van der Waals surface area contributed by atoms with E-state index in [4.69, 9.17) is 4.74 Å². The van der Waals surface area contributed by atoms with Gasteiger partial charge in [0.1, 0.15) is 0 Å². The molecule has 2 rings (SSSR count). The molecule has 0 N–H and O–H groups in total. The van der Waals surface area contributed by atoms with Gasteiger partial charge in [-0.05, 0) is 11.1 Å². The number of hydrogen-bond donors (Lipinski definition) is 0. The Hall–Kier alpha value is -2.62.